The SMILES string of the molecule is C=CC(=O)Nc1ccc(C#N)cc1I. The lowest BCUT2D eigenvalue weighted by atomic mass is 10.2. The molecule has 0 saturated heterocycles. The Kier molecular flexibility index (Phi) is 3.65. The number of hydrogen-bond donors (Lipinski definition) is 1. The van der Waals surface area contributed by atoms with Gasteiger partial charge in [0.2, 0.25) is 5.91 Å². The van der Waals surface area contributed by atoms with Gasteiger partial charge in [0.15, 0.2) is 0 Å². The first-order valence-corrected chi connectivity index (χ1v) is 4.88. The monoisotopic (exact) mass is 298 g/mol. The molecule has 0 aliphatic rings. The molecule has 0 unspecified atom stereocenters. The van der Waals surface area contributed by atoms with E-state index < -0.39 is 0 Å². The molecule has 1 aromatic rings. The number of benzene rings is 1. The average molecular weight is 298 g/mol. The zero-order chi connectivity index (χ0) is 10.6. The van der Waals surface area contributed by atoms with Crippen molar-refractivity contribution in [3.63, 3.8) is 0 Å². The fourth-order valence-electron chi connectivity index (χ4n) is 0.870. The molecule has 14 heavy (non-hydrogen) atoms. The molecule has 1 aromatic carbocycles. The van der Waals surface area contributed by atoms with Gasteiger partial charge in [0.05, 0.1) is 17.3 Å². The van der Waals surface area contributed by atoms with Crippen LogP contribution in [0.1, 0.15) is 5.56 Å². The molecule has 0 aliphatic carbocycles. The summed E-state index contributed by atoms with van der Waals surface area (Å²) in [6.45, 7) is 3.35. The molecule has 0 atom stereocenters. The molecule has 0 radical (unpaired) electrons. The van der Waals surface area contributed by atoms with Crippen LogP contribution >= 0.6 is 22.6 Å². The molecule has 0 saturated carbocycles. The largest absolute Gasteiger partial charge is 0.322 e. The summed E-state index contributed by atoms with van der Waals surface area (Å²) in [5.74, 6) is -0.257. The van der Waals surface area contributed by atoms with Crippen molar-refractivity contribution in [2.75, 3.05) is 5.32 Å². The summed E-state index contributed by atoms with van der Waals surface area (Å²) in [6, 6.07) is 7.08. The molecule has 0 bridgehead atoms. The minimum Gasteiger partial charge on any atom is -0.322 e. The van der Waals surface area contributed by atoms with Crippen LogP contribution in [-0.4, -0.2) is 5.91 Å². The highest BCUT2D eigenvalue weighted by Crippen LogP contribution is 2.19. The van der Waals surface area contributed by atoms with E-state index in [9.17, 15) is 4.79 Å². The Bertz CT molecular complexity index is 421. The Hall–Kier alpha value is -1.35. The van der Waals surface area contributed by atoms with Crippen LogP contribution in [0.25, 0.3) is 0 Å². The fraction of sp³-hybridized carbons (Fsp3) is 0. The molecule has 1 N–H and O–H groups in total. The summed E-state index contributed by atoms with van der Waals surface area (Å²) >= 11 is 2.06. The topological polar surface area (TPSA) is 52.9 Å². The predicted molar refractivity (Wildman–Crippen MR) is 62.7 cm³/mol. The number of anilines is 1. The van der Waals surface area contributed by atoms with Crippen LogP contribution in [-0.2, 0) is 4.79 Å². The van der Waals surface area contributed by atoms with Gasteiger partial charge >= 0.3 is 0 Å². The first-order valence-electron chi connectivity index (χ1n) is 3.80. The molecule has 4 heteroatoms. The number of hydrogen-bond acceptors (Lipinski definition) is 2. The maximum Gasteiger partial charge on any atom is 0.247 e. The minimum absolute atomic E-state index is 0.257. The predicted octanol–water partition coefficient (Wildman–Crippen LogP) is 2.29. The van der Waals surface area contributed by atoms with Crippen LogP contribution in [0.2, 0.25) is 0 Å². The summed E-state index contributed by atoms with van der Waals surface area (Å²) < 4.78 is 0.830. The zero-order valence-electron chi connectivity index (χ0n) is 7.25. The van der Waals surface area contributed by atoms with E-state index in [0.29, 0.717) is 11.3 Å². The molecule has 1 amide bonds. The van der Waals surface area contributed by atoms with E-state index in [0.717, 1.165) is 3.57 Å². The number of nitrogens with one attached hydrogen (secondary N) is 1. The molecule has 3 nitrogen and oxygen atoms in total. The van der Waals surface area contributed by atoms with Crippen LogP contribution in [0.15, 0.2) is 30.9 Å². The second kappa shape index (κ2) is 4.77. The first-order chi connectivity index (χ1) is 6.67. The standard InChI is InChI=1S/C10H7IN2O/c1-2-10(14)13-9-4-3-7(6-12)5-8(9)11/h2-5H,1H2,(H,13,14). The summed E-state index contributed by atoms with van der Waals surface area (Å²) in [5, 5.41) is 11.3. The van der Waals surface area contributed by atoms with E-state index >= 15 is 0 Å². The van der Waals surface area contributed by atoms with Crippen LogP contribution in [0.5, 0.6) is 0 Å². The van der Waals surface area contributed by atoms with E-state index in [2.05, 4.69) is 34.5 Å². The molecular weight excluding hydrogens is 291 g/mol. The van der Waals surface area contributed by atoms with E-state index in [4.69, 9.17) is 5.26 Å². The third-order valence-corrected chi connectivity index (χ3v) is 2.43. The van der Waals surface area contributed by atoms with Gasteiger partial charge in [-0.05, 0) is 46.9 Å². The van der Waals surface area contributed by atoms with E-state index in [1.807, 2.05) is 6.07 Å². The van der Waals surface area contributed by atoms with Gasteiger partial charge in [-0.3, -0.25) is 4.79 Å². The Morgan fingerprint density at radius 3 is 2.86 bits per heavy atom. The van der Waals surface area contributed by atoms with Crippen molar-refractivity contribution in [2.45, 2.75) is 0 Å². The summed E-state index contributed by atoms with van der Waals surface area (Å²) in [5.41, 5.74) is 1.26. The smallest absolute Gasteiger partial charge is 0.247 e. The van der Waals surface area contributed by atoms with E-state index in [1.165, 1.54) is 6.08 Å². The third kappa shape index (κ3) is 2.57. The normalized spacial score (nSPS) is 8.86. The number of carbonyl (C=O) groups excluding carboxylic acids is 1. The zero-order valence-corrected chi connectivity index (χ0v) is 9.41. The molecule has 0 heterocycles. The molecule has 0 aliphatic heterocycles. The number of rotatable bonds is 2. The summed E-state index contributed by atoms with van der Waals surface area (Å²) in [4.78, 5) is 11.0. The van der Waals surface area contributed by atoms with Crippen molar-refractivity contribution in [1.82, 2.24) is 0 Å². The van der Waals surface area contributed by atoms with Crippen LogP contribution in [0, 0.1) is 14.9 Å². The molecule has 0 fully saturated rings. The van der Waals surface area contributed by atoms with Crippen LogP contribution in [0.4, 0.5) is 5.69 Å². The average Bonchev–Trinajstić information content (AvgIpc) is 2.20. The Balaban J connectivity index is 2.96. The lowest BCUT2D eigenvalue weighted by molar-refractivity contribution is -0.111. The molecule has 0 aromatic heterocycles. The van der Waals surface area contributed by atoms with Crippen molar-refractivity contribution in [2.24, 2.45) is 0 Å². The third-order valence-electron chi connectivity index (χ3n) is 1.54. The van der Waals surface area contributed by atoms with Crippen molar-refractivity contribution < 1.29 is 4.79 Å². The van der Waals surface area contributed by atoms with Gasteiger partial charge in [0.1, 0.15) is 0 Å². The Morgan fingerprint density at radius 2 is 2.36 bits per heavy atom. The van der Waals surface area contributed by atoms with E-state index in [1.54, 1.807) is 18.2 Å². The van der Waals surface area contributed by atoms with Crippen molar-refractivity contribution in [3.8, 4) is 6.07 Å². The Morgan fingerprint density at radius 1 is 1.64 bits per heavy atom. The summed E-state index contributed by atoms with van der Waals surface area (Å²) in [7, 11) is 0. The lowest BCUT2D eigenvalue weighted by Gasteiger charge is -2.04. The maximum absolute atomic E-state index is 11.0. The molecular formula is C10H7IN2O. The second-order valence-corrected chi connectivity index (χ2v) is 3.66. The highest BCUT2D eigenvalue weighted by Gasteiger charge is 2.02. The second-order valence-electron chi connectivity index (χ2n) is 2.50. The number of halogens is 1. The van der Waals surface area contributed by atoms with Crippen molar-refractivity contribution >= 4 is 34.2 Å². The number of nitriles is 1. The van der Waals surface area contributed by atoms with Crippen LogP contribution in [0.3, 0.4) is 0 Å². The van der Waals surface area contributed by atoms with Gasteiger partial charge in [-0.1, -0.05) is 6.58 Å². The Labute approximate surface area is 95.6 Å². The van der Waals surface area contributed by atoms with Crippen LogP contribution < -0.4 is 5.32 Å². The minimum atomic E-state index is -0.257. The molecule has 0 spiro atoms. The van der Waals surface area contributed by atoms with Gasteiger partial charge in [-0.2, -0.15) is 5.26 Å². The quantitative estimate of drug-likeness (QED) is 0.673. The van der Waals surface area contributed by atoms with E-state index in [-0.39, 0.29) is 5.91 Å². The van der Waals surface area contributed by atoms with Gasteiger partial charge in [-0.15, -0.1) is 0 Å². The molecule has 70 valence electrons. The van der Waals surface area contributed by atoms with Gasteiger partial charge in [0.25, 0.3) is 0 Å². The molecule has 1 rings (SSSR count). The first kappa shape index (κ1) is 10.7. The number of amides is 1. The fourth-order valence-corrected chi connectivity index (χ4v) is 1.52. The maximum atomic E-state index is 11.0. The van der Waals surface area contributed by atoms with Crippen molar-refractivity contribution in [3.05, 3.63) is 40.0 Å². The highest BCUT2D eigenvalue weighted by molar-refractivity contribution is 14.1. The lowest BCUT2D eigenvalue weighted by Crippen LogP contribution is -2.08. The van der Waals surface area contributed by atoms with Gasteiger partial charge in [0, 0.05) is 3.57 Å². The number of carbonyl (C=O) groups is 1. The van der Waals surface area contributed by atoms with Crippen molar-refractivity contribution in [1.29, 1.82) is 5.26 Å². The number of nitrogens with zero attached hydrogens (tertiary/aromatic N) is 1. The van der Waals surface area contributed by atoms with Gasteiger partial charge in [-0.25, -0.2) is 0 Å². The van der Waals surface area contributed by atoms with Gasteiger partial charge < -0.3 is 5.32 Å². The summed E-state index contributed by atoms with van der Waals surface area (Å²) in [6.07, 6.45) is 1.20. The highest BCUT2D eigenvalue weighted by atomic mass is 127.